The largest absolute Gasteiger partial charge is 0.342 e. The van der Waals surface area contributed by atoms with Gasteiger partial charge in [-0.2, -0.15) is 0 Å². The Balaban J connectivity index is 1.62. The standard InChI is InChI=1S/C15H21N5OS2/c1-12(14(21)19-8-4-2-3-5-9-19)23-15-16-17-18-20(15)11-13-7-6-10-22-13/h6-7,10,12H,2-5,8-9,11H2,1H3. The van der Waals surface area contributed by atoms with Crippen molar-refractivity contribution < 1.29 is 4.79 Å². The van der Waals surface area contributed by atoms with Crippen LogP contribution in [0.3, 0.4) is 0 Å². The van der Waals surface area contributed by atoms with Crippen molar-refractivity contribution in [1.82, 2.24) is 25.1 Å². The van der Waals surface area contributed by atoms with Crippen LogP contribution in [0.4, 0.5) is 0 Å². The van der Waals surface area contributed by atoms with Gasteiger partial charge >= 0.3 is 0 Å². The van der Waals surface area contributed by atoms with Gasteiger partial charge in [0.15, 0.2) is 0 Å². The van der Waals surface area contributed by atoms with E-state index in [1.165, 1.54) is 29.5 Å². The topological polar surface area (TPSA) is 63.9 Å². The molecule has 1 amide bonds. The van der Waals surface area contributed by atoms with Crippen molar-refractivity contribution in [2.45, 2.75) is 49.6 Å². The van der Waals surface area contributed by atoms with Crippen LogP contribution in [0.2, 0.25) is 0 Å². The van der Waals surface area contributed by atoms with E-state index in [1.807, 2.05) is 23.3 Å². The second kappa shape index (κ2) is 7.92. The summed E-state index contributed by atoms with van der Waals surface area (Å²) in [7, 11) is 0. The Morgan fingerprint density at radius 1 is 1.35 bits per heavy atom. The summed E-state index contributed by atoms with van der Waals surface area (Å²) in [4.78, 5) is 15.8. The van der Waals surface area contributed by atoms with Gasteiger partial charge in [-0.05, 0) is 41.6 Å². The zero-order valence-corrected chi connectivity index (χ0v) is 14.9. The fourth-order valence-electron chi connectivity index (χ4n) is 2.69. The van der Waals surface area contributed by atoms with Gasteiger partial charge in [-0.3, -0.25) is 4.79 Å². The van der Waals surface area contributed by atoms with Gasteiger partial charge < -0.3 is 4.90 Å². The molecular formula is C15H21N5OS2. The van der Waals surface area contributed by atoms with Crippen molar-refractivity contribution in [3.8, 4) is 0 Å². The molecule has 0 aromatic carbocycles. The van der Waals surface area contributed by atoms with Gasteiger partial charge in [0, 0.05) is 18.0 Å². The van der Waals surface area contributed by atoms with Crippen molar-refractivity contribution in [2.75, 3.05) is 13.1 Å². The van der Waals surface area contributed by atoms with Crippen LogP contribution in [-0.2, 0) is 11.3 Å². The first-order valence-electron chi connectivity index (χ1n) is 7.98. The highest BCUT2D eigenvalue weighted by Gasteiger charge is 2.24. The van der Waals surface area contributed by atoms with E-state index in [9.17, 15) is 4.79 Å². The number of carbonyl (C=O) groups is 1. The van der Waals surface area contributed by atoms with Crippen molar-refractivity contribution in [1.29, 1.82) is 0 Å². The fraction of sp³-hybridized carbons (Fsp3) is 0.600. The lowest BCUT2D eigenvalue weighted by Crippen LogP contribution is -2.37. The Bertz CT molecular complexity index is 620. The zero-order chi connectivity index (χ0) is 16.1. The average Bonchev–Trinajstić information content (AvgIpc) is 3.13. The Hall–Kier alpha value is -1.41. The van der Waals surface area contributed by atoms with Crippen molar-refractivity contribution >= 4 is 29.0 Å². The zero-order valence-electron chi connectivity index (χ0n) is 13.2. The second-order valence-corrected chi connectivity index (χ2v) is 8.04. The lowest BCUT2D eigenvalue weighted by atomic mass is 10.2. The van der Waals surface area contributed by atoms with E-state index in [0.29, 0.717) is 11.7 Å². The number of amides is 1. The Morgan fingerprint density at radius 2 is 2.13 bits per heavy atom. The Labute approximate surface area is 144 Å². The molecule has 2 aromatic heterocycles. The van der Waals surface area contributed by atoms with Crippen molar-refractivity contribution in [3.63, 3.8) is 0 Å². The molecule has 0 radical (unpaired) electrons. The summed E-state index contributed by atoms with van der Waals surface area (Å²) in [6.07, 6.45) is 4.67. The first kappa shape index (κ1) is 16.4. The van der Waals surface area contributed by atoms with Gasteiger partial charge in [0.25, 0.3) is 0 Å². The normalized spacial score (nSPS) is 17.0. The molecule has 124 valence electrons. The Kier molecular flexibility index (Phi) is 5.66. The van der Waals surface area contributed by atoms with Crippen LogP contribution in [0.25, 0.3) is 0 Å². The van der Waals surface area contributed by atoms with Crippen LogP contribution in [0.1, 0.15) is 37.5 Å². The molecule has 6 nitrogen and oxygen atoms in total. The lowest BCUT2D eigenvalue weighted by molar-refractivity contribution is -0.130. The molecule has 1 saturated heterocycles. The quantitative estimate of drug-likeness (QED) is 0.775. The minimum atomic E-state index is -0.166. The number of tetrazole rings is 1. The number of likely N-dealkylation sites (tertiary alicyclic amines) is 1. The smallest absolute Gasteiger partial charge is 0.235 e. The van der Waals surface area contributed by atoms with Crippen LogP contribution < -0.4 is 0 Å². The molecule has 1 unspecified atom stereocenters. The van der Waals surface area contributed by atoms with Crippen LogP contribution in [-0.4, -0.2) is 49.4 Å². The molecule has 23 heavy (non-hydrogen) atoms. The van der Waals surface area contributed by atoms with Gasteiger partial charge in [0.05, 0.1) is 11.8 Å². The number of carbonyl (C=O) groups excluding carboxylic acids is 1. The van der Waals surface area contributed by atoms with Gasteiger partial charge in [0.1, 0.15) is 0 Å². The molecule has 0 bridgehead atoms. The molecule has 1 atom stereocenters. The SMILES string of the molecule is CC(Sc1nnnn1Cc1cccs1)C(=O)N1CCCCCC1. The number of rotatable bonds is 5. The second-order valence-electron chi connectivity index (χ2n) is 5.70. The average molecular weight is 352 g/mol. The first-order valence-corrected chi connectivity index (χ1v) is 9.74. The maximum absolute atomic E-state index is 12.6. The Morgan fingerprint density at radius 3 is 2.83 bits per heavy atom. The molecule has 2 aromatic rings. The highest BCUT2D eigenvalue weighted by molar-refractivity contribution is 8.00. The van der Waals surface area contributed by atoms with Crippen LogP contribution >= 0.6 is 23.1 Å². The summed E-state index contributed by atoms with van der Waals surface area (Å²) in [6.45, 7) is 4.35. The molecule has 0 spiro atoms. The molecule has 3 heterocycles. The lowest BCUT2D eigenvalue weighted by Gasteiger charge is -2.23. The number of thioether (sulfide) groups is 1. The maximum atomic E-state index is 12.6. The molecule has 1 aliphatic heterocycles. The highest BCUT2D eigenvalue weighted by Crippen LogP contribution is 2.24. The molecule has 0 aliphatic carbocycles. The van der Waals surface area contributed by atoms with Crippen LogP contribution in [0.5, 0.6) is 0 Å². The van der Waals surface area contributed by atoms with Crippen LogP contribution in [0.15, 0.2) is 22.7 Å². The predicted octanol–water partition coefficient (Wildman–Crippen LogP) is 2.67. The monoisotopic (exact) mass is 351 g/mol. The van der Waals surface area contributed by atoms with Gasteiger partial charge in [-0.1, -0.05) is 30.7 Å². The molecular weight excluding hydrogens is 330 g/mol. The molecule has 0 N–H and O–H groups in total. The summed E-state index contributed by atoms with van der Waals surface area (Å²) >= 11 is 3.13. The third kappa shape index (κ3) is 4.32. The van der Waals surface area contributed by atoms with Gasteiger partial charge in [-0.25, -0.2) is 4.68 Å². The van der Waals surface area contributed by atoms with E-state index < -0.39 is 0 Å². The molecule has 1 fully saturated rings. The number of nitrogens with zero attached hydrogens (tertiary/aromatic N) is 5. The summed E-state index contributed by atoms with van der Waals surface area (Å²) in [5.41, 5.74) is 0. The van der Waals surface area contributed by atoms with E-state index in [1.54, 1.807) is 16.0 Å². The number of hydrogen-bond acceptors (Lipinski definition) is 6. The van der Waals surface area contributed by atoms with E-state index in [2.05, 4.69) is 21.6 Å². The van der Waals surface area contributed by atoms with Gasteiger partial charge in [0.2, 0.25) is 11.1 Å². The van der Waals surface area contributed by atoms with E-state index in [-0.39, 0.29) is 11.2 Å². The maximum Gasteiger partial charge on any atom is 0.235 e. The predicted molar refractivity (Wildman–Crippen MR) is 91.6 cm³/mol. The highest BCUT2D eigenvalue weighted by atomic mass is 32.2. The van der Waals surface area contributed by atoms with Crippen LogP contribution in [0, 0.1) is 0 Å². The minimum absolute atomic E-state index is 0.166. The minimum Gasteiger partial charge on any atom is -0.342 e. The van der Waals surface area contributed by atoms with E-state index >= 15 is 0 Å². The third-order valence-electron chi connectivity index (χ3n) is 3.93. The van der Waals surface area contributed by atoms with Crippen molar-refractivity contribution in [2.24, 2.45) is 0 Å². The fourth-order valence-corrected chi connectivity index (χ4v) is 4.25. The number of thiophene rings is 1. The summed E-state index contributed by atoms with van der Waals surface area (Å²) in [5.74, 6) is 0.197. The van der Waals surface area contributed by atoms with Crippen molar-refractivity contribution in [3.05, 3.63) is 22.4 Å². The number of hydrogen-bond donors (Lipinski definition) is 0. The summed E-state index contributed by atoms with van der Waals surface area (Å²) in [5, 5.41) is 14.5. The molecule has 8 heteroatoms. The van der Waals surface area contributed by atoms with E-state index in [4.69, 9.17) is 0 Å². The first-order chi connectivity index (χ1) is 11.2. The third-order valence-corrected chi connectivity index (χ3v) is 5.85. The molecule has 1 aliphatic rings. The molecule has 0 saturated carbocycles. The van der Waals surface area contributed by atoms with Gasteiger partial charge in [-0.15, -0.1) is 16.4 Å². The van der Waals surface area contributed by atoms with E-state index in [0.717, 1.165) is 25.9 Å². The number of aromatic nitrogens is 4. The molecule has 3 rings (SSSR count). The summed E-state index contributed by atoms with van der Waals surface area (Å²) in [6, 6.07) is 4.08. The summed E-state index contributed by atoms with van der Waals surface area (Å²) < 4.78 is 1.77.